The molecule has 31 heavy (non-hydrogen) atoms. The molecule has 1 aliphatic carbocycles. The summed E-state index contributed by atoms with van der Waals surface area (Å²) in [4.78, 5) is 25.4. The molecule has 2 aromatic carbocycles. The van der Waals surface area contributed by atoms with Crippen LogP contribution in [-0.4, -0.2) is 33.9 Å². The first-order valence-electron chi connectivity index (χ1n) is 10.2. The van der Waals surface area contributed by atoms with Crippen molar-refractivity contribution in [2.45, 2.75) is 25.4 Å². The molecular weight excluding hydrogens is 396 g/mol. The van der Waals surface area contributed by atoms with Gasteiger partial charge >= 0.3 is 5.69 Å². The number of carbonyl (C=O) groups is 1. The molecule has 0 spiro atoms. The fourth-order valence-corrected chi connectivity index (χ4v) is 3.62. The second kappa shape index (κ2) is 7.79. The number of nitrogens with zero attached hydrogens (tertiary/aromatic N) is 3. The first-order chi connectivity index (χ1) is 15.1. The lowest BCUT2D eigenvalue weighted by molar-refractivity contribution is 0.0926. The lowest BCUT2D eigenvalue weighted by Crippen LogP contribution is -2.32. The average Bonchev–Trinajstić information content (AvgIpc) is 3.44. The Hall–Kier alpha value is -3.81. The quantitative estimate of drug-likeness (QED) is 0.498. The summed E-state index contributed by atoms with van der Waals surface area (Å²) in [6.07, 6.45) is 1.94. The molecule has 0 saturated heterocycles. The third-order valence-corrected chi connectivity index (χ3v) is 5.39. The Balaban J connectivity index is 1.32. The number of rotatable bonds is 7. The van der Waals surface area contributed by atoms with E-state index in [4.69, 9.17) is 9.15 Å². The van der Waals surface area contributed by atoms with Crippen LogP contribution in [0.25, 0.3) is 22.4 Å². The molecule has 8 nitrogen and oxygen atoms in total. The second-order valence-electron chi connectivity index (χ2n) is 7.56. The summed E-state index contributed by atoms with van der Waals surface area (Å²) in [7, 11) is 1.61. The van der Waals surface area contributed by atoms with Crippen molar-refractivity contribution < 1.29 is 13.9 Å². The number of nitrogens with one attached hydrogen (secondary N) is 1. The number of para-hydroxylation sites is 1. The van der Waals surface area contributed by atoms with Crippen LogP contribution in [-0.2, 0) is 6.54 Å². The van der Waals surface area contributed by atoms with E-state index in [9.17, 15) is 9.59 Å². The number of hydrogen-bond acceptors (Lipinski definition) is 5. The third kappa shape index (κ3) is 3.72. The molecule has 0 unspecified atom stereocenters. The summed E-state index contributed by atoms with van der Waals surface area (Å²) in [5.74, 6) is 1.31. The van der Waals surface area contributed by atoms with Gasteiger partial charge in [-0.25, -0.2) is 9.48 Å². The second-order valence-corrected chi connectivity index (χ2v) is 7.56. The van der Waals surface area contributed by atoms with Crippen molar-refractivity contribution in [2.24, 2.45) is 0 Å². The van der Waals surface area contributed by atoms with Crippen LogP contribution in [0.3, 0.4) is 0 Å². The van der Waals surface area contributed by atoms with Gasteiger partial charge in [0.25, 0.3) is 5.91 Å². The van der Waals surface area contributed by atoms with E-state index >= 15 is 0 Å². The molecule has 0 radical (unpaired) electrons. The van der Waals surface area contributed by atoms with E-state index < -0.39 is 0 Å². The molecule has 0 atom stereocenters. The van der Waals surface area contributed by atoms with E-state index in [0.29, 0.717) is 11.4 Å². The summed E-state index contributed by atoms with van der Waals surface area (Å²) in [6, 6.07) is 16.8. The normalized spacial score (nSPS) is 13.5. The monoisotopic (exact) mass is 418 g/mol. The van der Waals surface area contributed by atoms with Crippen molar-refractivity contribution >= 4 is 16.9 Å². The third-order valence-electron chi connectivity index (χ3n) is 5.39. The topological polar surface area (TPSA) is 91.3 Å². The molecule has 0 bridgehead atoms. The van der Waals surface area contributed by atoms with Gasteiger partial charge in [0, 0.05) is 23.5 Å². The Morgan fingerprint density at radius 3 is 2.68 bits per heavy atom. The molecule has 1 amide bonds. The van der Waals surface area contributed by atoms with E-state index in [1.54, 1.807) is 17.7 Å². The molecule has 158 valence electrons. The largest absolute Gasteiger partial charge is 0.497 e. The lowest BCUT2D eigenvalue weighted by atomic mass is 10.2. The van der Waals surface area contributed by atoms with E-state index in [-0.39, 0.29) is 36.5 Å². The molecule has 1 aliphatic rings. The van der Waals surface area contributed by atoms with Crippen LogP contribution in [0.4, 0.5) is 0 Å². The molecule has 4 aromatic rings. The number of methoxy groups -OCH3 is 1. The SMILES string of the molecule is COc1ccc(-c2nn(CCNC(=O)c3cc4ccccc4o3)c(=O)n2C2CC2)cc1. The highest BCUT2D eigenvalue weighted by Crippen LogP contribution is 2.36. The molecule has 2 heterocycles. The van der Waals surface area contributed by atoms with Crippen molar-refractivity contribution in [3.63, 3.8) is 0 Å². The zero-order chi connectivity index (χ0) is 21.4. The molecule has 5 rings (SSSR count). The van der Waals surface area contributed by atoms with Crippen LogP contribution < -0.4 is 15.7 Å². The summed E-state index contributed by atoms with van der Waals surface area (Å²) < 4.78 is 14.0. The van der Waals surface area contributed by atoms with Crippen molar-refractivity contribution in [3.05, 3.63) is 70.8 Å². The number of amides is 1. The molecule has 1 fully saturated rings. The fourth-order valence-electron chi connectivity index (χ4n) is 3.62. The van der Waals surface area contributed by atoms with Crippen LogP contribution in [0.1, 0.15) is 29.4 Å². The number of benzene rings is 2. The van der Waals surface area contributed by atoms with Crippen LogP contribution in [0.15, 0.2) is 63.8 Å². The Bertz CT molecular complexity index is 1260. The van der Waals surface area contributed by atoms with Crippen molar-refractivity contribution in [2.75, 3.05) is 13.7 Å². The van der Waals surface area contributed by atoms with Gasteiger partial charge in [-0.05, 0) is 49.2 Å². The molecular formula is C23H22N4O4. The highest BCUT2D eigenvalue weighted by molar-refractivity contribution is 5.96. The van der Waals surface area contributed by atoms with Gasteiger partial charge in [-0.2, -0.15) is 0 Å². The van der Waals surface area contributed by atoms with E-state index in [1.807, 2.05) is 48.5 Å². The average molecular weight is 418 g/mol. The van der Waals surface area contributed by atoms with E-state index in [2.05, 4.69) is 10.4 Å². The van der Waals surface area contributed by atoms with Gasteiger partial charge in [0.1, 0.15) is 11.3 Å². The van der Waals surface area contributed by atoms with Crippen LogP contribution in [0, 0.1) is 0 Å². The van der Waals surface area contributed by atoms with E-state index in [1.165, 1.54) is 4.68 Å². The Morgan fingerprint density at radius 2 is 1.97 bits per heavy atom. The molecule has 1 N–H and O–H groups in total. The molecule has 2 aromatic heterocycles. The van der Waals surface area contributed by atoms with Gasteiger partial charge in [-0.1, -0.05) is 18.2 Å². The zero-order valence-electron chi connectivity index (χ0n) is 17.1. The highest BCUT2D eigenvalue weighted by atomic mass is 16.5. The van der Waals surface area contributed by atoms with Gasteiger partial charge < -0.3 is 14.5 Å². The number of hydrogen-bond donors (Lipinski definition) is 1. The Kier molecular flexibility index (Phi) is 4.82. The number of furan rings is 1. The predicted molar refractivity (Wildman–Crippen MR) is 115 cm³/mol. The van der Waals surface area contributed by atoms with Crippen molar-refractivity contribution in [3.8, 4) is 17.1 Å². The van der Waals surface area contributed by atoms with Crippen LogP contribution >= 0.6 is 0 Å². The van der Waals surface area contributed by atoms with Crippen LogP contribution in [0.2, 0.25) is 0 Å². The maximum absolute atomic E-state index is 12.9. The van der Waals surface area contributed by atoms with E-state index in [0.717, 1.165) is 29.5 Å². The van der Waals surface area contributed by atoms with Gasteiger partial charge in [-0.15, -0.1) is 5.10 Å². The Morgan fingerprint density at radius 1 is 1.19 bits per heavy atom. The maximum Gasteiger partial charge on any atom is 0.346 e. The summed E-state index contributed by atoms with van der Waals surface area (Å²) in [6.45, 7) is 0.535. The maximum atomic E-state index is 12.9. The first kappa shape index (κ1) is 19.2. The summed E-state index contributed by atoms with van der Waals surface area (Å²) in [5, 5.41) is 8.23. The molecule has 0 aliphatic heterocycles. The number of carbonyl (C=O) groups excluding carboxylic acids is 1. The minimum Gasteiger partial charge on any atom is -0.497 e. The summed E-state index contributed by atoms with van der Waals surface area (Å²) >= 11 is 0. The standard InChI is InChI=1S/C23H22N4O4/c1-30-18-10-6-15(7-11-18)21-25-26(23(29)27(21)17-8-9-17)13-12-24-22(28)20-14-16-4-2-3-5-19(16)31-20/h2-7,10-11,14,17H,8-9,12-13H2,1H3,(H,24,28). The summed E-state index contributed by atoms with van der Waals surface area (Å²) in [5.41, 5.74) is 1.36. The fraction of sp³-hybridized carbons (Fsp3) is 0.261. The lowest BCUT2D eigenvalue weighted by Gasteiger charge is -2.04. The smallest absolute Gasteiger partial charge is 0.346 e. The minimum absolute atomic E-state index is 0.161. The molecule has 8 heteroatoms. The van der Waals surface area contributed by atoms with Gasteiger partial charge in [0.15, 0.2) is 11.6 Å². The van der Waals surface area contributed by atoms with Gasteiger partial charge in [0.05, 0.1) is 13.7 Å². The minimum atomic E-state index is -0.318. The van der Waals surface area contributed by atoms with Crippen LogP contribution in [0.5, 0.6) is 5.75 Å². The number of aromatic nitrogens is 3. The van der Waals surface area contributed by atoms with Gasteiger partial charge in [-0.3, -0.25) is 9.36 Å². The van der Waals surface area contributed by atoms with Crippen molar-refractivity contribution in [1.82, 2.24) is 19.7 Å². The predicted octanol–water partition coefficient (Wildman–Crippen LogP) is 3.23. The molecule has 1 saturated carbocycles. The Labute approximate surface area is 178 Å². The number of ether oxygens (including phenoxy) is 1. The first-order valence-corrected chi connectivity index (χ1v) is 10.2. The highest BCUT2D eigenvalue weighted by Gasteiger charge is 2.30. The zero-order valence-corrected chi connectivity index (χ0v) is 17.1. The van der Waals surface area contributed by atoms with Gasteiger partial charge in [0.2, 0.25) is 0 Å². The number of fused-ring (bicyclic) bond motifs is 1. The van der Waals surface area contributed by atoms with Crippen molar-refractivity contribution in [1.29, 1.82) is 0 Å².